The van der Waals surface area contributed by atoms with E-state index >= 15 is 0 Å². The lowest BCUT2D eigenvalue weighted by molar-refractivity contribution is 0.0585. The molecule has 1 aliphatic heterocycles. The Balaban J connectivity index is 2.82. The van der Waals surface area contributed by atoms with Crippen LogP contribution < -0.4 is 0 Å². The van der Waals surface area contributed by atoms with Crippen molar-refractivity contribution < 1.29 is 14.4 Å². The topological polar surface area (TPSA) is 64.0 Å². The first-order valence-corrected chi connectivity index (χ1v) is 7.46. The van der Waals surface area contributed by atoms with Crippen LogP contribution in [0.5, 0.6) is 0 Å². The van der Waals surface area contributed by atoms with Crippen LogP contribution in [0.15, 0.2) is 0 Å². The van der Waals surface area contributed by atoms with E-state index in [1.165, 1.54) is 0 Å². The van der Waals surface area contributed by atoms with Crippen molar-refractivity contribution in [2.45, 2.75) is 45.6 Å². The Morgan fingerprint density at radius 1 is 1.12 bits per heavy atom. The Morgan fingerprint density at radius 2 is 1.69 bits per heavy atom. The molecule has 0 aromatic carbocycles. The molecular weight excluding hydrogens is 227 g/mol. The minimum atomic E-state index is -4.04. The Kier molecular flexibility index (Phi) is 4.55. The fourth-order valence-corrected chi connectivity index (χ4v) is 3.36. The van der Waals surface area contributed by atoms with Crippen molar-refractivity contribution in [3.05, 3.63) is 0 Å². The van der Waals surface area contributed by atoms with Crippen molar-refractivity contribution >= 4 is 7.60 Å². The normalized spacial score (nSPS) is 25.6. The summed E-state index contributed by atoms with van der Waals surface area (Å²) in [7, 11) is -4.04. The first-order chi connectivity index (χ1) is 7.23. The third-order valence-corrected chi connectivity index (χ3v) is 4.44. The van der Waals surface area contributed by atoms with Gasteiger partial charge in [0.1, 0.15) is 5.78 Å². The second kappa shape index (κ2) is 5.15. The first-order valence-electron chi connectivity index (χ1n) is 5.78. The monoisotopic (exact) mass is 250 g/mol. The molecule has 0 spiro atoms. The largest absolute Gasteiger partial charge is 0.343 e. The second-order valence-corrected chi connectivity index (χ2v) is 6.76. The SMILES string of the molecule is CC(C)N1CCN(C(C)C)[C@H](P(=O)(O)O)C1. The van der Waals surface area contributed by atoms with E-state index in [2.05, 4.69) is 18.7 Å². The summed E-state index contributed by atoms with van der Waals surface area (Å²) in [6.07, 6.45) is 0. The van der Waals surface area contributed by atoms with Gasteiger partial charge >= 0.3 is 7.60 Å². The molecule has 1 saturated heterocycles. The van der Waals surface area contributed by atoms with Crippen LogP contribution in [-0.4, -0.2) is 57.1 Å². The number of rotatable bonds is 3. The fourth-order valence-electron chi connectivity index (χ4n) is 2.17. The predicted octanol–water partition coefficient (Wildman–Crippen LogP) is 0.925. The van der Waals surface area contributed by atoms with E-state index in [1.54, 1.807) is 0 Å². The molecule has 5 nitrogen and oxygen atoms in total. The van der Waals surface area contributed by atoms with Crippen LogP contribution in [-0.2, 0) is 4.57 Å². The maximum atomic E-state index is 11.5. The summed E-state index contributed by atoms with van der Waals surface area (Å²) in [4.78, 5) is 22.9. The number of nitrogens with zero attached hydrogens (tertiary/aromatic N) is 2. The van der Waals surface area contributed by atoms with Crippen LogP contribution in [0.4, 0.5) is 0 Å². The zero-order chi connectivity index (χ0) is 12.5. The van der Waals surface area contributed by atoms with Crippen LogP contribution in [0.25, 0.3) is 0 Å². The molecule has 0 aromatic heterocycles. The van der Waals surface area contributed by atoms with Gasteiger partial charge in [-0.25, -0.2) is 0 Å². The molecule has 0 aromatic rings. The van der Waals surface area contributed by atoms with Crippen molar-refractivity contribution in [1.29, 1.82) is 0 Å². The van der Waals surface area contributed by atoms with Crippen LogP contribution in [0.1, 0.15) is 27.7 Å². The summed E-state index contributed by atoms with van der Waals surface area (Å²) in [6.45, 7) is 10.1. The second-order valence-electron chi connectivity index (χ2n) is 4.99. The molecule has 0 aliphatic carbocycles. The summed E-state index contributed by atoms with van der Waals surface area (Å²) in [6, 6.07) is 0.510. The van der Waals surface area contributed by atoms with Crippen molar-refractivity contribution in [2.24, 2.45) is 0 Å². The minimum absolute atomic E-state index is 0.173. The maximum absolute atomic E-state index is 11.5. The van der Waals surface area contributed by atoms with E-state index in [-0.39, 0.29) is 6.04 Å². The minimum Gasteiger partial charge on any atom is -0.323 e. The van der Waals surface area contributed by atoms with E-state index in [0.717, 1.165) is 13.1 Å². The van der Waals surface area contributed by atoms with Gasteiger partial charge in [0.25, 0.3) is 0 Å². The van der Waals surface area contributed by atoms with Gasteiger partial charge in [-0.2, -0.15) is 0 Å². The number of hydrogen-bond donors (Lipinski definition) is 2. The van der Waals surface area contributed by atoms with Crippen LogP contribution in [0.3, 0.4) is 0 Å². The lowest BCUT2D eigenvalue weighted by Crippen LogP contribution is -2.56. The summed E-state index contributed by atoms with van der Waals surface area (Å²) < 4.78 is 11.5. The van der Waals surface area contributed by atoms with Crippen molar-refractivity contribution in [3.63, 3.8) is 0 Å². The molecule has 1 aliphatic rings. The van der Waals surface area contributed by atoms with Crippen LogP contribution in [0, 0.1) is 0 Å². The Hall–Kier alpha value is 0.0700. The van der Waals surface area contributed by atoms with Crippen molar-refractivity contribution in [1.82, 2.24) is 9.80 Å². The molecule has 0 saturated carbocycles. The van der Waals surface area contributed by atoms with E-state index in [0.29, 0.717) is 12.6 Å². The van der Waals surface area contributed by atoms with E-state index in [9.17, 15) is 14.4 Å². The Labute approximate surface area is 97.6 Å². The third-order valence-electron chi connectivity index (χ3n) is 3.21. The Bertz CT molecular complexity index is 277. The highest BCUT2D eigenvalue weighted by Gasteiger charge is 2.40. The summed E-state index contributed by atoms with van der Waals surface area (Å²) in [5.41, 5.74) is 0. The summed E-state index contributed by atoms with van der Waals surface area (Å²) in [5.74, 6) is -0.649. The quantitative estimate of drug-likeness (QED) is 0.729. The molecule has 0 amide bonds. The highest BCUT2D eigenvalue weighted by molar-refractivity contribution is 7.52. The molecule has 16 heavy (non-hydrogen) atoms. The molecular formula is C10H23N2O3P. The van der Waals surface area contributed by atoms with Crippen molar-refractivity contribution in [2.75, 3.05) is 19.6 Å². The first kappa shape index (κ1) is 14.1. The van der Waals surface area contributed by atoms with Crippen LogP contribution >= 0.6 is 7.60 Å². The average Bonchev–Trinajstić information content (AvgIpc) is 2.15. The lowest BCUT2D eigenvalue weighted by atomic mass is 10.2. The number of piperazine rings is 1. The van der Waals surface area contributed by atoms with Gasteiger partial charge in [0, 0.05) is 31.7 Å². The predicted molar refractivity (Wildman–Crippen MR) is 64.4 cm³/mol. The lowest BCUT2D eigenvalue weighted by Gasteiger charge is -2.44. The molecule has 2 N–H and O–H groups in total. The average molecular weight is 250 g/mol. The molecule has 1 fully saturated rings. The molecule has 0 radical (unpaired) electrons. The van der Waals surface area contributed by atoms with Gasteiger partial charge in [0.15, 0.2) is 0 Å². The Morgan fingerprint density at radius 3 is 2.06 bits per heavy atom. The van der Waals surface area contributed by atoms with Gasteiger partial charge in [0.05, 0.1) is 0 Å². The standard InChI is InChI=1S/C10H23N2O3P/c1-8(2)11-5-6-12(9(3)4)10(7-11)16(13,14)15/h8-10H,5-7H2,1-4H3,(H2,13,14,15)/t10-/m1/s1. The van der Waals surface area contributed by atoms with E-state index in [4.69, 9.17) is 0 Å². The summed E-state index contributed by atoms with van der Waals surface area (Å²) >= 11 is 0. The third kappa shape index (κ3) is 3.28. The fraction of sp³-hybridized carbons (Fsp3) is 1.00. The van der Waals surface area contributed by atoms with Gasteiger partial charge in [-0.3, -0.25) is 14.4 Å². The molecule has 1 rings (SSSR count). The highest BCUT2D eigenvalue weighted by Crippen LogP contribution is 2.45. The molecule has 0 unspecified atom stereocenters. The van der Waals surface area contributed by atoms with Gasteiger partial charge in [-0.15, -0.1) is 0 Å². The molecule has 1 heterocycles. The van der Waals surface area contributed by atoms with Gasteiger partial charge < -0.3 is 9.79 Å². The van der Waals surface area contributed by atoms with Gasteiger partial charge in [-0.1, -0.05) is 0 Å². The zero-order valence-electron chi connectivity index (χ0n) is 10.5. The van der Waals surface area contributed by atoms with Crippen molar-refractivity contribution in [3.8, 4) is 0 Å². The molecule has 6 heteroatoms. The number of hydrogen-bond acceptors (Lipinski definition) is 3. The maximum Gasteiger partial charge on any atom is 0.343 e. The highest BCUT2D eigenvalue weighted by atomic mass is 31.2. The van der Waals surface area contributed by atoms with E-state index < -0.39 is 13.4 Å². The van der Waals surface area contributed by atoms with E-state index in [1.807, 2.05) is 18.7 Å². The van der Waals surface area contributed by atoms with Gasteiger partial charge in [0.2, 0.25) is 0 Å². The molecule has 96 valence electrons. The molecule has 0 bridgehead atoms. The summed E-state index contributed by atoms with van der Waals surface area (Å²) in [5, 5.41) is 0. The zero-order valence-corrected chi connectivity index (χ0v) is 11.4. The van der Waals surface area contributed by atoms with Gasteiger partial charge in [-0.05, 0) is 27.7 Å². The molecule has 1 atom stereocenters. The smallest absolute Gasteiger partial charge is 0.323 e. The van der Waals surface area contributed by atoms with Crippen LogP contribution in [0.2, 0.25) is 0 Å².